The molecule has 0 aliphatic rings. The van der Waals surface area contributed by atoms with Gasteiger partial charge in [-0.3, -0.25) is 4.79 Å². The van der Waals surface area contributed by atoms with E-state index >= 15 is 0 Å². The van der Waals surface area contributed by atoms with Crippen LogP contribution in [0.3, 0.4) is 0 Å². The Bertz CT molecular complexity index is 756. The van der Waals surface area contributed by atoms with E-state index in [1.54, 1.807) is 18.2 Å². The Morgan fingerprint density at radius 2 is 1.92 bits per heavy atom. The molecule has 4 nitrogen and oxygen atoms in total. The van der Waals surface area contributed by atoms with Crippen molar-refractivity contribution in [1.82, 2.24) is 10.2 Å². The van der Waals surface area contributed by atoms with Gasteiger partial charge < -0.3 is 15.0 Å². The smallest absolute Gasteiger partial charge is 0.226 e. The van der Waals surface area contributed by atoms with Gasteiger partial charge in [0.1, 0.15) is 5.75 Å². The molecule has 0 aromatic heterocycles. The summed E-state index contributed by atoms with van der Waals surface area (Å²) in [6.45, 7) is 1.01. The minimum Gasteiger partial charge on any atom is -0.492 e. The van der Waals surface area contributed by atoms with Crippen LogP contribution in [0.2, 0.25) is 10.0 Å². The molecular formula is C19H20Cl2N2O2S. The number of benzene rings is 2. The van der Waals surface area contributed by atoms with E-state index in [1.807, 2.05) is 42.3 Å². The Hall–Kier alpha value is -1.82. The van der Waals surface area contributed by atoms with Crippen molar-refractivity contribution in [1.29, 1.82) is 0 Å². The van der Waals surface area contributed by atoms with Gasteiger partial charge in [-0.15, -0.1) is 0 Å². The SMILES string of the molecule is CN(Cc1ccccc1)C(=S)NC(=O)CCCOc1ccc(Cl)cc1Cl. The second kappa shape index (κ2) is 10.4. The third-order valence-electron chi connectivity index (χ3n) is 3.56. The van der Waals surface area contributed by atoms with Gasteiger partial charge in [-0.1, -0.05) is 53.5 Å². The van der Waals surface area contributed by atoms with E-state index < -0.39 is 0 Å². The molecule has 2 aromatic rings. The van der Waals surface area contributed by atoms with E-state index in [1.165, 1.54) is 0 Å². The van der Waals surface area contributed by atoms with Crippen molar-refractivity contribution < 1.29 is 9.53 Å². The number of thiocarbonyl (C=S) groups is 1. The quantitative estimate of drug-likeness (QED) is 0.531. The highest BCUT2D eigenvalue weighted by atomic mass is 35.5. The lowest BCUT2D eigenvalue weighted by atomic mass is 10.2. The number of rotatable bonds is 7. The van der Waals surface area contributed by atoms with Gasteiger partial charge in [0.25, 0.3) is 0 Å². The lowest BCUT2D eigenvalue weighted by molar-refractivity contribution is -0.120. The van der Waals surface area contributed by atoms with E-state index in [0.29, 0.717) is 46.9 Å². The van der Waals surface area contributed by atoms with Crippen LogP contribution in [-0.2, 0) is 11.3 Å². The Morgan fingerprint density at radius 1 is 1.19 bits per heavy atom. The second-order valence-corrected chi connectivity index (χ2v) is 6.95. The van der Waals surface area contributed by atoms with Gasteiger partial charge in [0, 0.05) is 25.0 Å². The molecule has 7 heteroatoms. The molecule has 0 radical (unpaired) electrons. The Labute approximate surface area is 169 Å². The van der Waals surface area contributed by atoms with E-state index in [9.17, 15) is 4.79 Å². The molecule has 0 unspecified atom stereocenters. The molecule has 1 amide bonds. The van der Waals surface area contributed by atoms with E-state index in [-0.39, 0.29) is 5.91 Å². The molecule has 2 rings (SSSR count). The minimum atomic E-state index is -0.138. The number of hydrogen-bond donors (Lipinski definition) is 1. The highest BCUT2D eigenvalue weighted by molar-refractivity contribution is 7.80. The number of nitrogens with one attached hydrogen (secondary N) is 1. The molecule has 0 spiro atoms. The lowest BCUT2D eigenvalue weighted by Crippen LogP contribution is -2.40. The molecule has 1 N–H and O–H groups in total. The van der Waals surface area contributed by atoms with E-state index in [4.69, 9.17) is 40.2 Å². The van der Waals surface area contributed by atoms with Crippen molar-refractivity contribution in [2.75, 3.05) is 13.7 Å². The van der Waals surface area contributed by atoms with Crippen LogP contribution in [0.25, 0.3) is 0 Å². The van der Waals surface area contributed by atoms with Crippen LogP contribution in [0.4, 0.5) is 0 Å². The predicted octanol–water partition coefficient (Wildman–Crippen LogP) is 4.69. The van der Waals surface area contributed by atoms with Crippen molar-refractivity contribution in [2.24, 2.45) is 0 Å². The molecule has 0 aliphatic heterocycles. The standard InChI is InChI=1S/C19H20Cl2N2O2S/c1-23(13-14-6-3-2-4-7-14)19(26)22-18(24)8-5-11-25-17-10-9-15(20)12-16(17)21/h2-4,6-7,9-10,12H,5,8,11,13H2,1H3,(H,22,24,26). The fourth-order valence-corrected chi connectivity index (χ4v) is 2.85. The Balaban J connectivity index is 1.68. The summed E-state index contributed by atoms with van der Waals surface area (Å²) < 4.78 is 5.56. The van der Waals surface area contributed by atoms with Crippen molar-refractivity contribution in [3.8, 4) is 5.75 Å². The first-order valence-corrected chi connectivity index (χ1v) is 9.29. The van der Waals surface area contributed by atoms with Crippen LogP contribution >= 0.6 is 35.4 Å². The minimum absolute atomic E-state index is 0.138. The number of halogens is 2. The summed E-state index contributed by atoms with van der Waals surface area (Å²) in [6.07, 6.45) is 0.861. The monoisotopic (exact) mass is 410 g/mol. The van der Waals surface area contributed by atoms with Crippen LogP contribution in [0.5, 0.6) is 5.75 Å². The highest BCUT2D eigenvalue weighted by Crippen LogP contribution is 2.27. The van der Waals surface area contributed by atoms with Gasteiger partial charge in [-0.25, -0.2) is 0 Å². The van der Waals surface area contributed by atoms with Crippen LogP contribution < -0.4 is 10.1 Å². The van der Waals surface area contributed by atoms with E-state index in [0.717, 1.165) is 5.56 Å². The molecule has 0 heterocycles. The fraction of sp³-hybridized carbons (Fsp3) is 0.263. The first-order valence-electron chi connectivity index (χ1n) is 8.12. The zero-order chi connectivity index (χ0) is 18.9. The fourth-order valence-electron chi connectivity index (χ4n) is 2.21. The second-order valence-electron chi connectivity index (χ2n) is 5.72. The van der Waals surface area contributed by atoms with Gasteiger partial charge in [0.15, 0.2) is 5.11 Å². The molecule has 26 heavy (non-hydrogen) atoms. The number of amides is 1. The van der Waals surface area contributed by atoms with Gasteiger partial charge in [0.2, 0.25) is 5.91 Å². The Kier molecular flexibility index (Phi) is 8.16. The van der Waals surface area contributed by atoms with Gasteiger partial charge >= 0.3 is 0 Å². The van der Waals surface area contributed by atoms with Crippen LogP contribution in [0.15, 0.2) is 48.5 Å². The summed E-state index contributed by atoms with van der Waals surface area (Å²) in [5, 5.41) is 4.14. The summed E-state index contributed by atoms with van der Waals surface area (Å²) >= 11 is 17.1. The summed E-state index contributed by atoms with van der Waals surface area (Å²) in [7, 11) is 1.85. The molecule has 0 bridgehead atoms. The molecular weight excluding hydrogens is 391 g/mol. The zero-order valence-electron chi connectivity index (χ0n) is 14.4. The summed E-state index contributed by atoms with van der Waals surface area (Å²) in [5.41, 5.74) is 1.12. The molecule has 0 fully saturated rings. The topological polar surface area (TPSA) is 41.6 Å². The van der Waals surface area contributed by atoms with Gasteiger partial charge in [-0.2, -0.15) is 0 Å². The average molecular weight is 411 g/mol. The van der Waals surface area contributed by atoms with Gasteiger partial charge in [0.05, 0.1) is 11.6 Å². The summed E-state index contributed by atoms with van der Waals surface area (Å²) in [5.74, 6) is 0.412. The molecule has 0 atom stereocenters. The molecule has 2 aromatic carbocycles. The zero-order valence-corrected chi connectivity index (χ0v) is 16.7. The third-order valence-corrected chi connectivity index (χ3v) is 4.50. The van der Waals surface area contributed by atoms with Crippen LogP contribution in [-0.4, -0.2) is 29.6 Å². The normalized spacial score (nSPS) is 10.3. The number of carbonyl (C=O) groups is 1. The lowest BCUT2D eigenvalue weighted by Gasteiger charge is -2.20. The van der Waals surface area contributed by atoms with E-state index in [2.05, 4.69) is 5.32 Å². The number of ether oxygens (including phenoxy) is 1. The highest BCUT2D eigenvalue weighted by Gasteiger charge is 2.10. The number of carbonyl (C=O) groups excluding carboxylic acids is 1. The molecule has 0 saturated heterocycles. The van der Waals surface area contributed by atoms with Crippen molar-refractivity contribution in [3.63, 3.8) is 0 Å². The van der Waals surface area contributed by atoms with Gasteiger partial charge in [-0.05, 0) is 42.4 Å². The predicted molar refractivity (Wildman–Crippen MR) is 110 cm³/mol. The average Bonchev–Trinajstić information content (AvgIpc) is 2.61. The van der Waals surface area contributed by atoms with Crippen molar-refractivity contribution >= 4 is 46.4 Å². The summed E-state index contributed by atoms with van der Waals surface area (Å²) in [6, 6.07) is 15.0. The number of hydrogen-bond acceptors (Lipinski definition) is 3. The maximum atomic E-state index is 12.0. The molecule has 0 aliphatic carbocycles. The van der Waals surface area contributed by atoms with Crippen LogP contribution in [0, 0.1) is 0 Å². The van der Waals surface area contributed by atoms with Crippen LogP contribution in [0.1, 0.15) is 18.4 Å². The Morgan fingerprint density at radius 3 is 2.62 bits per heavy atom. The van der Waals surface area contributed by atoms with Crippen molar-refractivity contribution in [2.45, 2.75) is 19.4 Å². The molecule has 138 valence electrons. The first-order chi connectivity index (χ1) is 12.5. The summed E-state index contributed by atoms with van der Waals surface area (Å²) in [4.78, 5) is 13.8. The maximum Gasteiger partial charge on any atom is 0.226 e. The third kappa shape index (κ3) is 6.83. The molecule has 0 saturated carbocycles. The first kappa shape index (κ1) is 20.5. The van der Waals surface area contributed by atoms with Crippen molar-refractivity contribution in [3.05, 3.63) is 64.1 Å². The largest absolute Gasteiger partial charge is 0.492 e. The maximum absolute atomic E-state index is 12.0. The number of nitrogens with zero attached hydrogens (tertiary/aromatic N) is 1.